The number of hydrogen-bond donors (Lipinski definition) is 1. The second-order valence-electron chi connectivity index (χ2n) is 4.23. The second kappa shape index (κ2) is 6.81. The van der Waals surface area contributed by atoms with Crippen molar-refractivity contribution < 1.29 is 14.1 Å². The summed E-state index contributed by atoms with van der Waals surface area (Å²) in [6, 6.07) is 9.31. The van der Waals surface area contributed by atoms with Gasteiger partial charge in [-0.15, -0.1) is 0 Å². The van der Waals surface area contributed by atoms with Crippen molar-refractivity contribution in [3.8, 4) is 11.5 Å². The summed E-state index contributed by atoms with van der Waals surface area (Å²) < 4.78 is 19.4. The fourth-order valence-corrected chi connectivity index (χ4v) is 2.25. The molecule has 2 rings (SSSR count). The van der Waals surface area contributed by atoms with E-state index in [0.717, 1.165) is 17.7 Å². The Balaban J connectivity index is 2.44. The van der Waals surface area contributed by atoms with Crippen LogP contribution in [0, 0.1) is 19.5 Å². The maximum absolute atomic E-state index is 13.7. The molecule has 2 aromatic rings. The van der Waals surface area contributed by atoms with Crippen LogP contribution in [-0.4, -0.2) is 12.0 Å². The van der Waals surface area contributed by atoms with Crippen LogP contribution in [0.2, 0.25) is 0 Å². The van der Waals surface area contributed by atoms with E-state index in [9.17, 15) is 14.5 Å². The zero-order valence-corrected chi connectivity index (χ0v) is 13.3. The average Bonchev–Trinajstić information content (AvgIpc) is 2.44. The minimum atomic E-state index is -0.586. The Morgan fingerprint density at radius 2 is 2.05 bits per heavy atom. The summed E-state index contributed by atoms with van der Waals surface area (Å²) in [4.78, 5) is 10.5. The Morgan fingerprint density at radius 3 is 2.71 bits per heavy atom. The molecule has 0 heterocycles. The standard InChI is InChI=1S/C14H12FIN2O3/c1-17-8-9-4-2-3-5-13(9)21-14-6-10(15)11(16)7-12(14)18(19)20/h2-7,17H,8H2,1H3. The topological polar surface area (TPSA) is 64.4 Å². The molecule has 110 valence electrons. The summed E-state index contributed by atoms with van der Waals surface area (Å²) in [5.74, 6) is -0.209. The van der Waals surface area contributed by atoms with E-state index in [2.05, 4.69) is 5.32 Å². The Hall–Kier alpha value is -1.74. The van der Waals surface area contributed by atoms with Crippen LogP contribution in [0.4, 0.5) is 10.1 Å². The van der Waals surface area contributed by atoms with Gasteiger partial charge in [0.2, 0.25) is 5.75 Å². The molecular formula is C14H12FIN2O3. The van der Waals surface area contributed by atoms with E-state index in [1.165, 1.54) is 0 Å². The maximum atomic E-state index is 13.7. The van der Waals surface area contributed by atoms with Gasteiger partial charge < -0.3 is 10.1 Å². The van der Waals surface area contributed by atoms with Crippen molar-refractivity contribution in [2.45, 2.75) is 6.54 Å². The smallest absolute Gasteiger partial charge is 0.312 e. The number of halogens is 2. The van der Waals surface area contributed by atoms with Crippen molar-refractivity contribution in [2.75, 3.05) is 7.05 Å². The Kier molecular flexibility index (Phi) is 5.07. The van der Waals surface area contributed by atoms with Crippen LogP contribution in [0.1, 0.15) is 5.56 Å². The van der Waals surface area contributed by atoms with Gasteiger partial charge in [0.05, 0.1) is 8.49 Å². The van der Waals surface area contributed by atoms with Gasteiger partial charge in [0, 0.05) is 24.2 Å². The van der Waals surface area contributed by atoms with Crippen molar-refractivity contribution in [1.29, 1.82) is 0 Å². The molecule has 1 N–H and O–H groups in total. The summed E-state index contributed by atoms with van der Waals surface area (Å²) in [5, 5.41) is 14.1. The van der Waals surface area contributed by atoms with Gasteiger partial charge in [0.15, 0.2) is 0 Å². The molecule has 21 heavy (non-hydrogen) atoms. The second-order valence-corrected chi connectivity index (χ2v) is 5.39. The molecule has 0 radical (unpaired) electrons. The molecule has 0 aromatic heterocycles. The first-order chi connectivity index (χ1) is 10.0. The number of nitro benzene ring substituents is 1. The van der Waals surface area contributed by atoms with E-state index in [-0.39, 0.29) is 15.0 Å². The molecule has 0 saturated heterocycles. The molecule has 0 aliphatic rings. The predicted octanol–water partition coefficient (Wildman–Crippen LogP) is 3.85. The highest BCUT2D eigenvalue weighted by molar-refractivity contribution is 14.1. The predicted molar refractivity (Wildman–Crippen MR) is 85.1 cm³/mol. The van der Waals surface area contributed by atoms with Crippen molar-refractivity contribution in [3.63, 3.8) is 0 Å². The molecule has 2 aromatic carbocycles. The zero-order chi connectivity index (χ0) is 15.4. The largest absolute Gasteiger partial charge is 0.450 e. The van der Waals surface area contributed by atoms with Crippen molar-refractivity contribution in [2.24, 2.45) is 0 Å². The number of hydrogen-bond acceptors (Lipinski definition) is 4. The first-order valence-corrected chi connectivity index (χ1v) is 7.14. The molecule has 0 unspecified atom stereocenters. The van der Waals surface area contributed by atoms with Crippen molar-refractivity contribution >= 4 is 28.3 Å². The third-order valence-electron chi connectivity index (χ3n) is 2.76. The normalized spacial score (nSPS) is 10.4. The summed E-state index contributed by atoms with van der Waals surface area (Å²) in [5.41, 5.74) is 0.563. The van der Waals surface area contributed by atoms with Crippen LogP contribution < -0.4 is 10.1 Å². The third kappa shape index (κ3) is 3.67. The number of rotatable bonds is 5. The van der Waals surface area contributed by atoms with Crippen molar-refractivity contribution in [3.05, 3.63) is 61.5 Å². The highest BCUT2D eigenvalue weighted by Gasteiger charge is 2.20. The van der Waals surface area contributed by atoms with Crippen LogP contribution in [0.25, 0.3) is 0 Å². The quantitative estimate of drug-likeness (QED) is 0.469. The van der Waals surface area contributed by atoms with E-state index in [1.807, 2.05) is 12.1 Å². The molecular weight excluding hydrogens is 390 g/mol. The third-order valence-corrected chi connectivity index (χ3v) is 3.58. The van der Waals surface area contributed by atoms with Gasteiger partial charge in [-0.25, -0.2) is 4.39 Å². The molecule has 0 saturated carbocycles. The van der Waals surface area contributed by atoms with Gasteiger partial charge in [-0.05, 0) is 35.7 Å². The molecule has 0 atom stereocenters. The van der Waals surface area contributed by atoms with E-state index in [1.54, 1.807) is 41.8 Å². The summed E-state index contributed by atoms with van der Waals surface area (Å²) in [6.07, 6.45) is 0. The minimum Gasteiger partial charge on any atom is -0.450 e. The number of benzene rings is 2. The lowest BCUT2D eigenvalue weighted by atomic mass is 10.2. The maximum Gasteiger partial charge on any atom is 0.312 e. The lowest BCUT2D eigenvalue weighted by molar-refractivity contribution is -0.385. The molecule has 0 amide bonds. The number of ether oxygens (including phenoxy) is 1. The van der Waals surface area contributed by atoms with Crippen LogP contribution in [0.15, 0.2) is 36.4 Å². The van der Waals surface area contributed by atoms with Gasteiger partial charge in [-0.1, -0.05) is 18.2 Å². The molecule has 0 fully saturated rings. The Bertz CT molecular complexity index is 679. The molecule has 0 aliphatic carbocycles. The fraction of sp³-hybridized carbons (Fsp3) is 0.143. The SMILES string of the molecule is CNCc1ccccc1Oc1cc(F)c(I)cc1[N+](=O)[O-]. The summed E-state index contributed by atoms with van der Waals surface area (Å²) in [6.45, 7) is 0.539. The van der Waals surface area contributed by atoms with E-state index in [4.69, 9.17) is 4.74 Å². The fourth-order valence-electron chi connectivity index (χ4n) is 1.80. The number of nitrogens with zero attached hydrogens (tertiary/aromatic N) is 1. The number of nitrogens with one attached hydrogen (secondary N) is 1. The highest BCUT2D eigenvalue weighted by Crippen LogP contribution is 2.35. The average molecular weight is 402 g/mol. The minimum absolute atomic E-state index is 0.110. The van der Waals surface area contributed by atoms with Gasteiger partial charge in [-0.2, -0.15) is 0 Å². The van der Waals surface area contributed by atoms with Gasteiger partial charge in [-0.3, -0.25) is 10.1 Å². The summed E-state index contributed by atoms with van der Waals surface area (Å²) in [7, 11) is 1.78. The van der Waals surface area contributed by atoms with Crippen LogP contribution in [0.3, 0.4) is 0 Å². The van der Waals surface area contributed by atoms with E-state index >= 15 is 0 Å². The van der Waals surface area contributed by atoms with Crippen LogP contribution >= 0.6 is 22.6 Å². The Labute approximate surface area is 134 Å². The van der Waals surface area contributed by atoms with E-state index < -0.39 is 10.7 Å². The molecule has 0 bridgehead atoms. The first-order valence-electron chi connectivity index (χ1n) is 6.06. The lowest BCUT2D eigenvalue weighted by Gasteiger charge is -2.11. The van der Waals surface area contributed by atoms with Crippen molar-refractivity contribution in [1.82, 2.24) is 5.32 Å². The molecule has 0 spiro atoms. The number of nitro groups is 1. The zero-order valence-electron chi connectivity index (χ0n) is 11.1. The van der Waals surface area contributed by atoms with Gasteiger partial charge >= 0.3 is 5.69 Å². The molecule has 0 aliphatic heterocycles. The molecule has 5 nitrogen and oxygen atoms in total. The first kappa shape index (κ1) is 15.6. The van der Waals surface area contributed by atoms with Crippen LogP contribution in [-0.2, 0) is 6.54 Å². The van der Waals surface area contributed by atoms with Gasteiger partial charge in [0.25, 0.3) is 0 Å². The lowest BCUT2D eigenvalue weighted by Crippen LogP contribution is -2.06. The highest BCUT2D eigenvalue weighted by atomic mass is 127. The monoisotopic (exact) mass is 402 g/mol. The van der Waals surface area contributed by atoms with E-state index in [0.29, 0.717) is 12.3 Å². The number of para-hydroxylation sites is 1. The molecule has 7 heteroatoms. The summed E-state index contributed by atoms with van der Waals surface area (Å²) >= 11 is 1.71. The van der Waals surface area contributed by atoms with Gasteiger partial charge in [0.1, 0.15) is 11.6 Å². The Morgan fingerprint density at radius 1 is 1.33 bits per heavy atom. The van der Waals surface area contributed by atoms with Crippen LogP contribution in [0.5, 0.6) is 11.5 Å².